The number of carboxylic acids is 1. The van der Waals surface area contributed by atoms with Crippen LogP contribution in [0.4, 0.5) is 0 Å². The van der Waals surface area contributed by atoms with E-state index in [1.165, 1.54) is 4.90 Å². The Bertz CT molecular complexity index is 628. The van der Waals surface area contributed by atoms with E-state index in [9.17, 15) is 14.4 Å². The van der Waals surface area contributed by atoms with Gasteiger partial charge in [0.15, 0.2) is 0 Å². The molecular weight excluding hydrogens is 352 g/mol. The highest BCUT2D eigenvalue weighted by atomic mass is 16.5. The molecule has 0 bridgehead atoms. The highest BCUT2D eigenvalue weighted by Gasteiger charge is 2.27. The van der Waals surface area contributed by atoms with Gasteiger partial charge in [0.2, 0.25) is 11.8 Å². The third-order valence-electron chi connectivity index (χ3n) is 4.46. The smallest absolute Gasteiger partial charge is 0.306 e. The van der Waals surface area contributed by atoms with Gasteiger partial charge in [0, 0.05) is 20.1 Å². The number of likely N-dealkylation sites (tertiary alicyclic amines) is 1. The number of likely N-dealkylation sites (N-methyl/N-ethyl adjacent to an activating group) is 1. The second-order valence-corrected chi connectivity index (χ2v) is 6.46. The minimum atomic E-state index is -0.817. The predicted molar refractivity (Wildman–Crippen MR) is 97.3 cm³/mol. The molecule has 1 heterocycles. The van der Waals surface area contributed by atoms with Gasteiger partial charge in [-0.05, 0) is 25.0 Å². The topological polar surface area (TPSA) is 96.4 Å². The number of rotatable bonds is 9. The van der Waals surface area contributed by atoms with E-state index in [2.05, 4.69) is 0 Å². The number of carbonyl (C=O) groups is 3. The SMILES string of the molecule is CN(CC(=O)N1CCC(C(=O)O)CC1)C(=O)COCCOc1ccccc1. The normalized spacial score (nSPS) is 14.6. The second kappa shape index (κ2) is 10.5. The molecule has 0 radical (unpaired) electrons. The third-order valence-corrected chi connectivity index (χ3v) is 4.46. The number of hydrogen-bond donors (Lipinski definition) is 1. The number of ether oxygens (including phenoxy) is 2. The van der Waals surface area contributed by atoms with Crippen molar-refractivity contribution in [2.75, 3.05) is 46.5 Å². The number of benzene rings is 1. The first-order valence-corrected chi connectivity index (χ1v) is 8.97. The van der Waals surface area contributed by atoms with E-state index in [1.807, 2.05) is 30.3 Å². The molecule has 0 unspecified atom stereocenters. The van der Waals surface area contributed by atoms with E-state index < -0.39 is 5.97 Å². The Kier molecular flexibility index (Phi) is 8.06. The molecule has 1 fully saturated rings. The van der Waals surface area contributed by atoms with Crippen LogP contribution in [0.3, 0.4) is 0 Å². The van der Waals surface area contributed by atoms with Gasteiger partial charge in [-0.25, -0.2) is 0 Å². The number of hydrogen-bond acceptors (Lipinski definition) is 5. The summed E-state index contributed by atoms with van der Waals surface area (Å²) in [4.78, 5) is 38.2. The van der Waals surface area contributed by atoms with Crippen molar-refractivity contribution in [1.82, 2.24) is 9.80 Å². The lowest BCUT2D eigenvalue weighted by molar-refractivity contribution is -0.147. The summed E-state index contributed by atoms with van der Waals surface area (Å²) in [6.07, 6.45) is 0.895. The van der Waals surface area contributed by atoms with Crippen molar-refractivity contribution in [2.24, 2.45) is 5.92 Å². The highest BCUT2D eigenvalue weighted by Crippen LogP contribution is 2.17. The van der Waals surface area contributed by atoms with Gasteiger partial charge in [0.1, 0.15) is 19.0 Å². The van der Waals surface area contributed by atoms with Crippen molar-refractivity contribution in [3.05, 3.63) is 30.3 Å². The van der Waals surface area contributed by atoms with E-state index in [4.69, 9.17) is 14.6 Å². The maximum atomic E-state index is 12.2. The number of aliphatic carboxylic acids is 1. The zero-order chi connectivity index (χ0) is 19.6. The lowest BCUT2D eigenvalue weighted by Gasteiger charge is -2.31. The standard InChI is InChI=1S/C19H26N2O6/c1-20(13-17(22)21-9-7-15(8-10-21)19(24)25)18(23)14-26-11-12-27-16-5-3-2-4-6-16/h2-6,15H,7-14H2,1H3,(H,24,25). The zero-order valence-electron chi connectivity index (χ0n) is 15.5. The van der Waals surface area contributed by atoms with Crippen molar-refractivity contribution < 1.29 is 29.0 Å². The summed E-state index contributed by atoms with van der Waals surface area (Å²) < 4.78 is 10.8. The van der Waals surface area contributed by atoms with Crippen molar-refractivity contribution >= 4 is 17.8 Å². The van der Waals surface area contributed by atoms with Crippen LogP contribution in [-0.4, -0.2) is 79.2 Å². The van der Waals surface area contributed by atoms with Crippen LogP contribution in [0.2, 0.25) is 0 Å². The molecule has 1 N–H and O–H groups in total. The van der Waals surface area contributed by atoms with Crippen molar-refractivity contribution in [1.29, 1.82) is 0 Å². The molecule has 8 nitrogen and oxygen atoms in total. The van der Waals surface area contributed by atoms with Crippen LogP contribution in [0.25, 0.3) is 0 Å². The average Bonchev–Trinajstić information content (AvgIpc) is 2.68. The van der Waals surface area contributed by atoms with Crippen LogP contribution in [0.5, 0.6) is 5.75 Å². The molecule has 1 saturated heterocycles. The molecule has 1 aliphatic rings. The summed E-state index contributed by atoms with van der Waals surface area (Å²) in [6.45, 7) is 1.25. The average molecular weight is 378 g/mol. The quantitative estimate of drug-likeness (QED) is 0.641. The first kappa shape index (κ1) is 20.7. The van der Waals surface area contributed by atoms with Crippen LogP contribution >= 0.6 is 0 Å². The van der Waals surface area contributed by atoms with Gasteiger partial charge in [0.25, 0.3) is 0 Å². The lowest BCUT2D eigenvalue weighted by atomic mass is 9.97. The third kappa shape index (κ3) is 6.90. The summed E-state index contributed by atoms with van der Waals surface area (Å²) in [5.74, 6) is -0.935. The second-order valence-electron chi connectivity index (χ2n) is 6.46. The first-order chi connectivity index (χ1) is 13.0. The van der Waals surface area contributed by atoms with Gasteiger partial charge in [-0.2, -0.15) is 0 Å². The van der Waals surface area contributed by atoms with Gasteiger partial charge in [-0.15, -0.1) is 0 Å². The van der Waals surface area contributed by atoms with Gasteiger partial charge in [-0.3, -0.25) is 14.4 Å². The molecule has 1 aromatic rings. The molecule has 0 atom stereocenters. The zero-order valence-corrected chi connectivity index (χ0v) is 15.5. The van der Waals surface area contributed by atoms with Crippen molar-refractivity contribution in [3.63, 3.8) is 0 Å². The molecule has 0 spiro atoms. The fourth-order valence-electron chi connectivity index (χ4n) is 2.77. The summed E-state index contributed by atoms with van der Waals surface area (Å²) in [6, 6.07) is 9.31. The van der Waals surface area contributed by atoms with Crippen LogP contribution in [0.1, 0.15) is 12.8 Å². The van der Waals surface area contributed by atoms with Gasteiger partial charge >= 0.3 is 5.97 Å². The largest absolute Gasteiger partial charge is 0.491 e. The summed E-state index contributed by atoms with van der Waals surface area (Å²) in [5.41, 5.74) is 0. The van der Waals surface area contributed by atoms with Crippen LogP contribution in [0, 0.1) is 5.92 Å². The lowest BCUT2D eigenvalue weighted by Crippen LogP contribution is -2.46. The molecule has 0 aromatic heterocycles. The molecule has 2 rings (SSSR count). The van der Waals surface area contributed by atoms with E-state index in [1.54, 1.807) is 11.9 Å². The van der Waals surface area contributed by atoms with E-state index in [0.717, 1.165) is 5.75 Å². The van der Waals surface area contributed by atoms with Crippen molar-refractivity contribution in [2.45, 2.75) is 12.8 Å². The first-order valence-electron chi connectivity index (χ1n) is 8.97. The molecule has 1 aliphatic heterocycles. The van der Waals surface area contributed by atoms with Crippen LogP contribution < -0.4 is 4.74 Å². The van der Waals surface area contributed by atoms with Gasteiger partial charge < -0.3 is 24.4 Å². The number of carboxylic acid groups (broad SMARTS) is 1. The minimum Gasteiger partial charge on any atom is -0.491 e. The maximum absolute atomic E-state index is 12.2. The molecule has 2 amide bonds. The van der Waals surface area contributed by atoms with Gasteiger partial charge in [0.05, 0.1) is 19.1 Å². The van der Waals surface area contributed by atoms with Crippen molar-refractivity contribution in [3.8, 4) is 5.75 Å². The Morgan fingerprint density at radius 1 is 1.15 bits per heavy atom. The van der Waals surface area contributed by atoms with Gasteiger partial charge in [-0.1, -0.05) is 18.2 Å². The minimum absolute atomic E-state index is 0.0412. The van der Waals surface area contributed by atoms with E-state index in [0.29, 0.717) is 32.5 Å². The van der Waals surface area contributed by atoms with Crippen LogP contribution in [-0.2, 0) is 19.1 Å². The van der Waals surface area contributed by atoms with E-state index in [-0.39, 0.29) is 37.5 Å². The van der Waals surface area contributed by atoms with Crippen LogP contribution in [0.15, 0.2) is 30.3 Å². The Morgan fingerprint density at radius 3 is 2.44 bits per heavy atom. The summed E-state index contributed by atoms with van der Waals surface area (Å²) in [5, 5.41) is 8.99. The van der Waals surface area contributed by atoms with E-state index >= 15 is 0 Å². The molecule has 148 valence electrons. The fourth-order valence-corrected chi connectivity index (χ4v) is 2.77. The fraction of sp³-hybridized carbons (Fsp3) is 0.526. The molecule has 27 heavy (non-hydrogen) atoms. The summed E-state index contributed by atoms with van der Waals surface area (Å²) in [7, 11) is 1.55. The Balaban J connectivity index is 1.60. The number of nitrogens with zero attached hydrogens (tertiary/aromatic N) is 2. The number of carbonyl (C=O) groups excluding carboxylic acids is 2. The molecular formula is C19H26N2O6. The predicted octanol–water partition coefficient (Wildman–Crippen LogP) is 0.864. The number of piperidine rings is 1. The summed E-state index contributed by atoms with van der Waals surface area (Å²) >= 11 is 0. The molecule has 8 heteroatoms. The Hall–Kier alpha value is -2.61. The molecule has 0 saturated carbocycles. The Morgan fingerprint density at radius 2 is 1.81 bits per heavy atom. The maximum Gasteiger partial charge on any atom is 0.306 e. The molecule has 0 aliphatic carbocycles. The Labute approximate surface area is 158 Å². The monoisotopic (exact) mass is 378 g/mol. The number of amides is 2. The number of para-hydroxylation sites is 1. The molecule has 1 aromatic carbocycles. The highest BCUT2D eigenvalue weighted by molar-refractivity contribution is 5.85.